The zero-order valence-corrected chi connectivity index (χ0v) is 15.0. The number of sulfonamides is 1. The van der Waals surface area contributed by atoms with E-state index in [1.807, 2.05) is 6.07 Å². The molecule has 0 bridgehead atoms. The van der Waals surface area contributed by atoms with E-state index in [0.29, 0.717) is 24.5 Å². The Hall–Kier alpha value is -2.19. The standard InChI is InChI=1S/C17H21N3O4S/c1-11-16(12(2)19-18-11)25(23,24)20-8-4-7-15(10-20)13-5-3-6-14(9-13)17(21)22/h3,5-6,9,15H,4,7-8,10H2,1-2H3,(H,18,19)(H,21,22)/t15-/m1/s1. The second-order valence-corrected chi connectivity index (χ2v) is 8.27. The van der Waals surface area contributed by atoms with Gasteiger partial charge in [-0.15, -0.1) is 0 Å². The van der Waals surface area contributed by atoms with Crippen LogP contribution < -0.4 is 0 Å². The van der Waals surface area contributed by atoms with Gasteiger partial charge in [0, 0.05) is 13.1 Å². The molecule has 0 amide bonds. The van der Waals surface area contributed by atoms with Crippen LogP contribution in [-0.4, -0.2) is 47.1 Å². The fraction of sp³-hybridized carbons (Fsp3) is 0.412. The molecule has 2 heterocycles. The summed E-state index contributed by atoms with van der Waals surface area (Å²) < 4.78 is 27.5. The summed E-state index contributed by atoms with van der Waals surface area (Å²) in [5.74, 6) is -0.998. The van der Waals surface area contributed by atoms with E-state index in [4.69, 9.17) is 5.11 Å². The molecular weight excluding hydrogens is 342 g/mol. The minimum Gasteiger partial charge on any atom is -0.478 e. The van der Waals surface area contributed by atoms with Crippen molar-refractivity contribution in [2.45, 2.75) is 37.5 Å². The summed E-state index contributed by atoms with van der Waals surface area (Å²) in [5.41, 5.74) is 2.08. The van der Waals surface area contributed by atoms with Gasteiger partial charge in [0.25, 0.3) is 0 Å². The van der Waals surface area contributed by atoms with Crippen molar-refractivity contribution in [2.75, 3.05) is 13.1 Å². The minimum atomic E-state index is -3.62. The van der Waals surface area contributed by atoms with E-state index in [9.17, 15) is 13.2 Å². The predicted octanol–water partition coefficient (Wildman–Crippen LogP) is 2.29. The van der Waals surface area contributed by atoms with Crippen LogP contribution in [0.25, 0.3) is 0 Å². The highest BCUT2D eigenvalue weighted by Crippen LogP contribution is 2.32. The molecule has 1 aliphatic heterocycles. The Morgan fingerprint density at radius 1 is 1.36 bits per heavy atom. The Balaban J connectivity index is 1.89. The third-order valence-electron chi connectivity index (χ3n) is 4.65. The van der Waals surface area contributed by atoms with E-state index in [-0.39, 0.29) is 16.4 Å². The van der Waals surface area contributed by atoms with Crippen molar-refractivity contribution in [1.29, 1.82) is 0 Å². The molecule has 1 aromatic heterocycles. The second-order valence-electron chi connectivity index (χ2n) is 6.40. The molecule has 1 aromatic carbocycles. The van der Waals surface area contributed by atoms with Gasteiger partial charge < -0.3 is 5.11 Å². The number of aromatic nitrogens is 2. The number of nitrogens with one attached hydrogen (secondary N) is 1. The fourth-order valence-corrected chi connectivity index (χ4v) is 5.26. The Morgan fingerprint density at radius 2 is 2.12 bits per heavy atom. The topological polar surface area (TPSA) is 103 Å². The summed E-state index contributed by atoms with van der Waals surface area (Å²) in [6.07, 6.45) is 1.57. The fourth-order valence-electron chi connectivity index (χ4n) is 3.41. The summed E-state index contributed by atoms with van der Waals surface area (Å²) in [5, 5.41) is 15.9. The van der Waals surface area contributed by atoms with E-state index >= 15 is 0 Å². The molecule has 0 unspecified atom stereocenters. The lowest BCUT2D eigenvalue weighted by Gasteiger charge is -2.32. The first-order valence-electron chi connectivity index (χ1n) is 8.15. The van der Waals surface area contributed by atoms with E-state index in [0.717, 1.165) is 18.4 Å². The van der Waals surface area contributed by atoms with Crippen molar-refractivity contribution in [1.82, 2.24) is 14.5 Å². The number of aromatic carboxylic acids is 1. The van der Waals surface area contributed by atoms with Crippen molar-refractivity contribution in [2.24, 2.45) is 0 Å². The zero-order chi connectivity index (χ0) is 18.2. The predicted molar refractivity (Wildman–Crippen MR) is 92.2 cm³/mol. The number of hydrogen-bond donors (Lipinski definition) is 2. The van der Waals surface area contributed by atoms with Crippen LogP contribution in [0.1, 0.15) is 46.1 Å². The van der Waals surface area contributed by atoms with Crippen LogP contribution in [0.2, 0.25) is 0 Å². The monoisotopic (exact) mass is 363 g/mol. The molecule has 1 saturated heterocycles. The normalized spacial score (nSPS) is 19.0. The summed E-state index contributed by atoms with van der Waals surface area (Å²) in [4.78, 5) is 11.4. The average molecular weight is 363 g/mol. The summed E-state index contributed by atoms with van der Waals surface area (Å²) in [7, 11) is -3.62. The number of nitrogens with zero attached hydrogens (tertiary/aromatic N) is 2. The van der Waals surface area contributed by atoms with Crippen molar-refractivity contribution < 1.29 is 18.3 Å². The Labute approximate surface area is 146 Å². The molecule has 134 valence electrons. The SMILES string of the molecule is Cc1n[nH]c(C)c1S(=O)(=O)N1CCC[C@@H](c2cccc(C(=O)O)c2)C1. The molecule has 3 rings (SSSR count). The highest BCUT2D eigenvalue weighted by molar-refractivity contribution is 7.89. The highest BCUT2D eigenvalue weighted by Gasteiger charge is 2.34. The van der Waals surface area contributed by atoms with Gasteiger partial charge in [-0.05, 0) is 50.3 Å². The molecule has 2 aromatic rings. The van der Waals surface area contributed by atoms with Crippen molar-refractivity contribution in [3.8, 4) is 0 Å². The highest BCUT2D eigenvalue weighted by atomic mass is 32.2. The lowest BCUT2D eigenvalue weighted by Crippen LogP contribution is -2.39. The molecule has 8 heteroatoms. The molecule has 0 aliphatic carbocycles. The number of carbonyl (C=O) groups is 1. The van der Waals surface area contributed by atoms with Gasteiger partial charge in [0.15, 0.2) is 0 Å². The van der Waals surface area contributed by atoms with Crippen LogP contribution in [0.15, 0.2) is 29.2 Å². The van der Waals surface area contributed by atoms with Gasteiger partial charge in [-0.2, -0.15) is 9.40 Å². The first-order chi connectivity index (χ1) is 11.8. The average Bonchev–Trinajstić information content (AvgIpc) is 2.94. The molecular formula is C17H21N3O4S. The summed E-state index contributed by atoms with van der Waals surface area (Å²) in [6.45, 7) is 4.18. The molecule has 25 heavy (non-hydrogen) atoms. The van der Waals surface area contributed by atoms with Crippen molar-refractivity contribution >= 4 is 16.0 Å². The molecule has 7 nitrogen and oxygen atoms in total. The maximum Gasteiger partial charge on any atom is 0.335 e. The third-order valence-corrected chi connectivity index (χ3v) is 6.78. The van der Waals surface area contributed by atoms with Crippen LogP contribution in [-0.2, 0) is 10.0 Å². The number of H-pyrrole nitrogens is 1. The number of carboxylic acids is 1. The van der Waals surface area contributed by atoms with Crippen LogP contribution >= 0.6 is 0 Å². The molecule has 0 saturated carbocycles. The number of benzene rings is 1. The zero-order valence-electron chi connectivity index (χ0n) is 14.2. The number of hydrogen-bond acceptors (Lipinski definition) is 4. The summed E-state index contributed by atoms with van der Waals surface area (Å²) in [6, 6.07) is 6.75. The van der Waals surface area contributed by atoms with E-state index < -0.39 is 16.0 Å². The quantitative estimate of drug-likeness (QED) is 0.867. The van der Waals surface area contributed by atoms with E-state index in [1.54, 1.807) is 32.0 Å². The number of aryl methyl sites for hydroxylation is 2. The molecule has 0 radical (unpaired) electrons. The number of piperidine rings is 1. The Morgan fingerprint density at radius 3 is 2.76 bits per heavy atom. The van der Waals surface area contributed by atoms with Gasteiger partial charge in [-0.25, -0.2) is 13.2 Å². The van der Waals surface area contributed by atoms with E-state index in [2.05, 4.69) is 10.2 Å². The van der Waals surface area contributed by atoms with Gasteiger partial charge in [-0.1, -0.05) is 12.1 Å². The van der Waals surface area contributed by atoms with Crippen LogP contribution in [0.5, 0.6) is 0 Å². The smallest absolute Gasteiger partial charge is 0.335 e. The van der Waals surface area contributed by atoms with E-state index in [1.165, 1.54) is 4.31 Å². The lowest BCUT2D eigenvalue weighted by atomic mass is 9.91. The van der Waals surface area contributed by atoms with Gasteiger partial charge in [0.05, 0.1) is 17.0 Å². The van der Waals surface area contributed by atoms with Gasteiger partial charge in [-0.3, -0.25) is 5.10 Å². The molecule has 1 fully saturated rings. The first-order valence-corrected chi connectivity index (χ1v) is 9.59. The van der Waals surface area contributed by atoms with Crippen molar-refractivity contribution in [3.63, 3.8) is 0 Å². The Kier molecular flexibility index (Phi) is 4.66. The van der Waals surface area contributed by atoms with Gasteiger partial charge in [0.2, 0.25) is 10.0 Å². The van der Waals surface area contributed by atoms with Crippen LogP contribution in [0, 0.1) is 13.8 Å². The van der Waals surface area contributed by atoms with Crippen LogP contribution in [0.3, 0.4) is 0 Å². The first kappa shape index (κ1) is 17.6. The lowest BCUT2D eigenvalue weighted by molar-refractivity contribution is 0.0696. The maximum absolute atomic E-state index is 13.0. The Bertz CT molecular complexity index is 885. The summed E-state index contributed by atoms with van der Waals surface area (Å²) >= 11 is 0. The number of rotatable bonds is 4. The number of aromatic amines is 1. The second kappa shape index (κ2) is 6.61. The van der Waals surface area contributed by atoms with Crippen molar-refractivity contribution in [3.05, 3.63) is 46.8 Å². The van der Waals surface area contributed by atoms with Gasteiger partial charge >= 0.3 is 5.97 Å². The maximum atomic E-state index is 13.0. The molecule has 1 aliphatic rings. The molecule has 1 atom stereocenters. The molecule has 2 N–H and O–H groups in total. The molecule has 0 spiro atoms. The van der Waals surface area contributed by atoms with Crippen LogP contribution in [0.4, 0.5) is 0 Å². The van der Waals surface area contributed by atoms with Gasteiger partial charge in [0.1, 0.15) is 4.90 Å². The number of carboxylic acid groups (broad SMARTS) is 1. The largest absolute Gasteiger partial charge is 0.478 e. The minimum absolute atomic E-state index is 0.0182. The third kappa shape index (κ3) is 3.32.